The highest BCUT2D eigenvalue weighted by Gasteiger charge is 2.31. The molecule has 0 bridgehead atoms. The molecule has 1 aromatic heterocycles. The van der Waals surface area contributed by atoms with Gasteiger partial charge in [0.15, 0.2) is 0 Å². The van der Waals surface area contributed by atoms with Crippen molar-refractivity contribution in [3.05, 3.63) is 34.6 Å². The molecular weight excluding hydrogens is 229 g/mol. The van der Waals surface area contributed by atoms with Crippen molar-refractivity contribution in [1.29, 1.82) is 5.26 Å². The number of hydrogen-bond donors (Lipinski definition) is 0. The molecule has 1 rings (SSSR count). The minimum atomic E-state index is -4.46. The number of nitrogens with zero attached hydrogens (tertiary/aromatic N) is 2. The van der Waals surface area contributed by atoms with Gasteiger partial charge in [0.05, 0.1) is 22.3 Å². The molecule has 78 valence electrons. The summed E-state index contributed by atoms with van der Waals surface area (Å²) in [6, 6.07) is 2.46. The Labute approximate surface area is 88.6 Å². The van der Waals surface area contributed by atoms with Crippen LogP contribution in [0.3, 0.4) is 0 Å². The first-order valence-corrected chi connectivity index (χ1v) is 4.12. The van der Waals surface area contributed by atoms with Crippen LogP contribution in [0.2, 0.25) is 5.02 Å². The van der Waals surface area contributed by atoms with Gasteiger partial charge >= 0.3 is 6.18 Å². The standard InChI is InChI=1S/C9H4ClF3N2/c10-7-4-6(9(11,12)13)5-15-8(7)2-1-3-14/h1-2,4-5H. The van der Waals surface area contributed by atoms with E-state index in [2.05, 4.69) is 4.98 Å². The Morgan fingerprint density at radius 1 is 1.47 bits per heavy atom. The lowest BCUT2D eigenvalue weighted by Crippen LogP contribution is -2.05. The zero-order valence-corrected chi connectivity index (χ0v) is 7.97. The molecule has 0 radical (unpaired) electrons. The summed E-state index contributed by atoms with van der Waals surface area (Å²) in [5.74, 6) is 0. The number of aromatic nitrogens is 1. The summed E-state index contributed by atoms with van der Waals surface area (Å²) in [6.45, 7) is 0. The van der Waals surface area contributed by atoms with Crippen LogP contribution in [-0.2, 0) is 6.18 Å². The van der Waals surface area contributed by atoms with E-state index in [0.717, 1.165) is 12.1 Å². The molecule has 0 saturated heterocycles. The Morgan fingerprint density at radius 3 is 2.60 bits per heavy atom. The number of pyridine rings is 1. The molecule has 6 heteroatoms. The maximum Gasteiger partial charge on any atom is 0.417 e. The molecule has 1 heterocycles. The van der Waals surface area contributed by atoms with Crippen molar-refractivity contribution in [1.82, 2.24) is 4.98 Å². The Bertz CT molecular complexity index is 432. The van der Waals surface area contributed by atoms with E-state index in [1.54, 1.807) is 6.07 Å². The van der Waals surface area contributed by atoms with Crippen LogP contribution in [0, 0.1) is 11.3 Å². The van der Waals surface area contributed by atoms with Gasteiger partial charge < -0.3 is 0 Å². The number of nitriles is 1. The van der Waals surface area contributed by atoms with E-state index in [-0.39, 0.29) is 10.7 Å². The first kappa shape index (κ1) is 11.5. The van der Waals surface area contributed by atoms with Crippen LogP contribution >= 0.6 is 11.6 Å². The lowest BCUT2D eigenvalue weighted by atomic mass is 10.2. The van der Waals surface area contributed by atoms with Gasteiger partial charge in [0.25, 0.3) is 0 Å². The van der Waals surface area contributed by atoms with Crippen molar-refractivity contribution in [3.8, 4) is 6.07 Å². The van der Waals surface area contributed by atoms with Crippen molar-refractivity contribution >= 4 is 17.7 Å². The van der Waals surface area contributed by atoms with Crippen molar-refractivity contribution in [2.24, 2.45) is 0 Å². The largest absolute Gasteiger partial charge is 0.417 e. The molecule has 0 amide bonds. The van der Waals surface area contributed by atoms with Crippen molar-refractivity contribution < 1.29 is 13.2 Å². The number of halogens is 4. The minimum absolute atomic E-state index is 0.131. The molecule has 0 aromatic carbocycles. The first-order valence-electron chi connectivity index (χ1n) is 3.74. The molecule has 0 unspecified atom stereocenters. The SMILES string of the molecule is N#CC=Cc1ncc(C(F)(F)F)cc1Cl. The lowest BCUT2D eigenvalue weighted by Gasteiger charge is -2.06. The fourth-order valence-corrected chi connectivity index (χ4v) is 1.07. The summed E-state index contributed by atoms with van der Waals surface area (Å²) in [4.78, 5) is 3.49. The van der Waals surface area contributed by atoms with Gasteiger partial charge in [-0.05, 0) is 12.1 Å². The third-order valence-corrected chi connectivity index (χ3v) is 1.82. The summed E-state index contributed by atoms with van der Waals surface area (Å²) < 4.78 is 36.5. The molecular formula is C9H4ClF3N2. The summed E-state index contributed by atoms with van der Waals surface area (Å²) >= 11 is 5.55. The number of hydrogen-bond acceptors (Lipinski definition) is 2. The quantitative estimate of drug-likeness (QED) is 0.697. The molecule has 0 N–H and O–H groups in total. The Hall–Kier alpha value is -1.54. The Morgan fingerprint density at radius 2 is 2.13 bits per heavy atom. The predicted octanol–water partition coefficient (Wildman–Crippen LogP) is 3.29. The van der Waals surface area contributed by atoms with Crippen molar-refractivity contribution in [2.75, 3.05) is 0 Å². The van der Waals surface area contributed by atoms with Gasteiger partial charge in [-0.1, -0.05) is 11.6 Å². The normalized spacial score (nSPS) is 11.7. The highest BCUT2D eigenvalue weighted by molar-refractivity contribution is 6.31. The van der Waals surface area contributed by atoms with Gasteiger partial charge in [-0.25, -0.2) is 0 Å². The molecule has 0 aliphatic heterocycles. The van der Waals surface area contributed by atoms with Crippen LogP contribution in [0.1, 0.15) is 11.3 Å². The van der Waals surface area contributed by atoms with Gasteiger partial charge in [-0.15, -0.1) is 0 Å². The lowest BCUT2D eigenvalue weighted by molar-refractivity contribution is -0.137. The number of rotatable bonds is 1. The molecule has 0 spiro atoms. The fourth-order valence-electron chi connectivity index (χ4n) is 0.842. The molecule has 0 aliphatic rings. The summed E-state index contributed by atoms with van der Waals surface area (Å²) in [6.07, 6.45) is -1.47. The fraction of sp³-hybridized carbons (Fsp3) is 0.111. The van der Waals surface area contributed by atoms with Crippen LogP contribution in [0.25, 0.3) is 6.08 Å². The smallest absolute Gasteiger partial charge is 0.255 e. The topological polar surface area (TPSA) is 36.7 Å². The maximum absolute atomic E-state index is 12.2. The van der Waals surface area contributed by atoms with E-state index in [1.165, 1.54) is 6.08 Å². The van der Waals surface area contributed by atoms with Crippen LogP contribution in [0.15, 0.2) is 18.3 Å². The Balaban J connectivity index is 3.10. The van der Waals surface area contributed by atoms with E-state index in [9.17, 15) is 13.2 Å². The maximum atomic E-state index is 12.2. The highest BCUT2D eigenvalue weighted by Crippen LogP contribution is 2.31. The third kappa shape index (κ3) is 2.96. The summed E-state index contributed by atoms with van der Waals surface area (Å²) in [7, 11) is 0. The first-order chi connectivity index (χ1) is 6.95. The molecule has 2 nitrogen and oxygen atoms in total. The third-order valence-electron chi connectivity index (χ3n) is 1.51. The molecule has 0 saturated carbocycles. The van der Waals surface area contributed by atoms with Gasteiger partial charge in [-0.3, -0.25) is 4.98 Å². The molecule has 0 aliphatic carbocycles. The van der Waals surface area contributed by atoms with Gasteiger partial charge in [0, 0.05) is 12.3 Å². The second kappa shape index (κ2) is 4.32. The number of allylic oxidation sites excluding steroid dienone is 1. The summed E-state index contributed by atoms with van der Waals surface area (Å²) in [5.41, 5.74) is -0.784. The zero-order valence-electron chi connectivity index (χ0n) is 7.22. The Kier molecular flexibility index (Phi) is 3.32. The van der Waals surface area contributed by atoms with Gasteiger partial charge in [0.1, 0.15) is 0 Å². The average molecular weight is 233 g/mol. The van der Waals surface area contributed by atoms with Crippen LogP contribution in [-0.4, -0.2) is 4.98 Å². The molecule has 0 atom stereocenters. The van der Waals surface area contributed by atoms with Gasteiger partial charge in [0.2, 0.25) is 0 Å². The van der Waals surface area contributed by atoms with Crippen LogP contribution in [0.5, 0.6) is 0 Å². The van der Waals surface area contributed by atoms with Gasteiger partial charge in [-0.2, -0.15) is 18.4 Å². The van der Waals surface area contributed by atoms with Crippen molar-refractivity contribution in [2.45, 2.75) is 6.18 Å². The number of alkyl halides is 3. The van der Waals surface area contributed by atoms with E-state index < -0.39 is 11.7 Å². The van der Waals surface area contributed by atoms with Crippen LogP contribution in [0.4, 0.5) is 13.2 Å². The minimum Gasteiger partial charge on any atom is -0.255 e. The average Bonchev–Trinajstić information content (AvgIpc) is 2.14. The van der Waals surface area contributed by atoms with E-state index >= 15 is 0 Å². The molecule has 0 fully saturated rings. The second-order valence-electron chi connectivity index (χ2n) is 2.55. The van der Waals surface area contributed by atoms with Crippen molar-refractivity contribution in [3.63, 3.8) is 0 Å². The monoisotopic (exact) mass is 232 g/mol. The van der Waals surface area contributed by atoms with E-state index in [4.69, 9.17) is 16.9 Å². The summed E-state index contributed by atoms with van der Waals surface area (Å²) in [5, 5.41) is 8.07. The molecule has 1 aromatic rings. The second-order valence-corrected chi connectivity index (χ2v) is 2.96. The zero-order chi connectivity index (χ0) is 11.5. The van der Waals surface area contributed by atoms with E-state index in [1.807, 2.05) is 0 Å². The van der Waals surface area contributed by atoms with Crippen LogP contribution < -0.4 is 0 Å². The van der Waals surface area contributed by atoms with E-state index in [0.29, 0.717) is 6.20 Å². The highest BCUT2D eigenvalue weighted by atomic mass is 35.5. The molecule has 15 heavy (non-hydrogen) atoms. The predicted molar refractivity (Wildman–Crippen MR) is 48.9 cm³/mol.